The van der Waals surface area contributed by atoms with Gasteiger partial charge in [-0.05, 0) is 43.3 Å². The fourth-order valence-electron chi connectivity index (χ4n) is 1.67. The van der Waals surface area contributed by atoms with Gasteiger partial charge in [0.1, 0.15) is 15.8 Å². The largest absolute Gasteiger partial charge is 0.382 e. The summed E-state index contributed by atoms with van der Waals surface area (Å²) in [7, 11) is 0. The van der Waals surface area contributed by atoms with Gasteiger partial charge in [0.05, 0.1) is 5.56 Å². The maximum atomic E-state index is 5.96. The summed E-state index contributed by atoms with van der Waals surface area (Å²) >= 11 is 4.92. The Balaban J connectivity index is 2.02. The van der Waals surface area contributed by atoms with Gasteiger partial charge in [0, 0.05) is 17.6 Å². The molecule has 0 atom stereocenters. The van der Waals surface area contributed by atoms with Crippen LogP contribution in [-0.2, 0) is 0 Å². The van der Waals surface area contributed by atoms with E-state index >= 15 is 0 Å². The van der Waals surface area contributed by atoms with Gasteiger partial charge in [0.25, 0.3) is 0 Å². The number of nitrogens with two attached hydrogens (primary N) is 1. The van der Waals surface area contributed by atoms with Crippen LogP contribution in [0, 0.1) is 6.92 Å². The van der Waals surface area contributed by atoms with Crippen molar-refractivity contribution in [2.45, 2.75) is 19.8 Å². The molecule has 0 fully saturated rings. The molecule has 2 aromatic heterocycles. The zero-order chi connectivity index (χ0) is 13.7. The third-order valence-electron chi connectivity index (χ3n) is 2.61. The second-order valence-electron chi connectivity index (χ2n) is 4.19. The van der Waals surface area contributed by atoms with Crippen LogP contribution in [0.1, 0.15) is 18.5 Å². The number of hydrogen-bond acceptors (Lipinski definition) is 7. The molecule has 0 aromatic carbocycles. The lowest BCUT2D eigenvalue weighted by Gasteiger charge is -2.05. The molecule has 0 amide bonds. The topological polar surface area (TPSA) is 63.8 Å². The summed E-state index contributed by atoms with van der Waals surface area (Å²) in [6.07, 6.45) is 4.53. The number of nitrogens with zero attached hydrogens (tertiary/aromatic N) is 2. The fraction of sp³-hybridized carbons (Fsp3) is 0.500. The Morgan fingerprint density at radius 1 is 1.42 bits per heavy atom. The van der Waals surface area contributed by atoms with Gasteiger partial charge >= 0.3 is 0 Å². The normalized spacial score (nSPS) is 10.8. The molecule has 104 valence electrons. The summed E-state index contributed by atoms with van der Waals surface area (Å²) in [4.78, 5) is 4.49. The van der Waals surface area contributed by atoms with E-state index in [0.29, 0.717) is 5.82 Å². The molecule has 4 nitrogen and oxygen atoms in total. The first-order valence-electron chi connectivity index (χ1n) is 6.13. The molecule has 0 aliphatic carbocycles. The SMILES string of the molecule is CSCCCCNc1snc(N)c1-c1nc(C)cs1. The van der Waals surface area contributed by atoms with Gasteiger partial charge in [-0.15, -0.1) is 11.3 Å². The van der Waals surface area contributed by atoms with Crippen molar-refractivity contribution in [3.8, 4) is 10.6 Å². The molecule has 0 saturated carbocycles. The number of aryl methyl sites for hydroxylation is 1. The van der Waals surface area contributed by atoms with Crippen molar-refractivity contribution in [3.63, 3.8) is 0 Å². The first-order valence-corrected chi connectivity index (χ1v) is 9.17. The summed E-state index contributed by atoms with van der Waals surface area (Å²) in [5.74, 6) is 1.79. The smallest absolute Gasteiger partial charge is 0.149 e. The highest BCUT2D eigenvalue weighted by Crippen LogP contribution is 2.38. The lowest BCUT2D eigenvalue weighted by Crippen LogP contribution is -2.01. The lowest BCUT2D eigenvalue weighted by atomic mass is 10.3. The third kappa shape index (κ3) is 3.84. The monoisotopic (exact) mass is 314 g/mol. The molecule has 0 spiro atoms. The quantitative estimate of drug-likeness (QED) is 0.763. The number of aromatic nitrogens is 2. The first kappa shape index (κ1) is 14.6. The zero-order valence-corrected chi connectivity index (χ0v) is 13.6. The number of anilines is 2. The third-order valence-corrected chi connectivity index (χ3v) is 5.11. The number of thioether (sulfide) groups is 1. The second-order valence-corrected chi connectivity index (χ2v) is 6.81. The Morgan fingerprint density at radius 2 is 2.26 bits per heavy atom. The highest BCUT2D eigenvalue weighted by Gasteiger charge is 2.16. The summed E-state index contributed by atoms with van der Waals surface area (Å²) in [6.45, 7) is 2.95. The summed E-state index contributed by atoms with van der Waals surface area (Å²) in [5, 5.41) is 7.46. The number of nitrogens with one attached hydrogen (secondary N) is 1. The minimum Gasteiger partial charge on any atom is -0.382 e. The van der Waals surface area contributed by atoms with Crippen LogP contribution in [0.2, 0.25) is 0 Å². The van der Waals surface area contributed by atoms with Crippen LogP contribution in [0.25, 0.3) is 10.6 Å². The second kappa shape index (κ2) is 7.12. The van der Waals surface area contributed by atoms with E-state index in [0.717, 1.165) is 34.2 Å². The van der Waals surface area contributed by atoms with Gasteiger partial charge in [-0.3, -0.25) is 0 Å². The van der Waals surface area contributed by atoms with E-state index in [1.807, 2.05) is 24.1 Å². The number of rotatable bonds is 7. The van der Waals surface area contributed by atoms with Crippen LogP contribution in [0.3, 0.4) is 0 Å². The Kier molecular flexibility index (Phi) is 5.47. The lowest BCUT2D eigenvalue weighted by molar-refractivity contribution is 0.845. The van der Waals surface area contributed by atoms with Gasteiger partial charge in [-0.1, -0.05) is 0 Å². The van der Waals surface area contributed by atoms with Crippen molar-refractivity contribution in [3.05, 3.63) is 11.1 Å². The van der Waals surface area contributed by atoms with Crippen LogP contribution < -0.4 is 11.1 Å². The summed E-state index contributed by atoms with van der Waals surface area (Å²) in [5.41, 5.74) is 7.95. The number of unbranched alkanes of at least 4 members (excludes halogenated alkanes) is 1. The van der Waals surface area contributed by atoms with E-state index in [1.165, 1.54) is 23.7 Å². The molecule has 19 heavy (non-hydrogen) atoms. The van der Waals surface area contributed by atoms with Crippen LogP contribution in [0.15, 0.2) is 5.38 Å². The van der Waals surface area contributed by atoms with E-state index in [-0.39, 0.29) is 0 Å². The minimum absolute atomic E-state index is 0.575. The van der Waals surface area contributed by atoms with Gasteiger partial charge in [0.2, 0.25) is 0 Å². The Bertz CT molecular complexity index is 521. The molecule has 2 rings (SSSR count). The molecule has 0 bridgehead atoms. The predicted octanol–water partition coefficient (Wildman–Crippen LogP) is 3.71. The molecule has 2 aromatic rings. The van der Waals surface area contributed by atoms with Crippen molar-refractivity contribution in [1.82, 2.24) is 9.36 Å². The van der Waals surface area contributed by atoms with E-state index < -0.39 is 0 Å². The Labute approximate surface area is 126 Å². The van der Waals surface area contributed by atoms with E-state index in [4.69, 9.17) is 5.73 Å². The van der Waals surface area contributed by atoms with Crippen molar-refractivity contribution < 1.29 is 0 Å². The Morgan fingerprint density at radius 3 is 2.95 bits per heavy atom. The first-order chi connectivity index (χ1) is 9.22. The van der Waals surface area contributed by atoms with Crippen molar-refractivity contribution >= 4 is 45.5 Å². The van der Waals surface area contributed by atoms with Gasteiger partial charge in [0.15, 0.2) is 0 Å². The maximum Gasteiger partial charge on any atom is 0.149 e. The molecular formula is C12H18N4S3. The standard InChI is InChI=1S/C12H18N4S3/c1-8-7-18-12(15-8)9-10(13)16-19-11(9)14-5-3-4-6-17-2/h7,14H,3-6H2,1-2H3,(H2,13,16). The van der Waals surface area contributed by atoms with E-state index in [9.17, 15) is 0 Å². The number of nitrogen functional groups attached to an aromatic ring is 1. The summed E-state index contributed by atoms with van der Waals surface area (Å²) < 4.78 is 4.24. The molecule has 0 radical (unpaired) electrons. The van der Waals surface area contributed by atoms with Crippen molar-refractivity contribution in [1.29, 1.82) is 0 Å². The Hall–Kier alpha value is -0.790. The molecule has 0 aliphatic heterocycles. The molecule has 0 saturated heterocycles. The molecule has 7 heteroatoms. The molecule has 3 N–H and O–H groups in total. The summed E-state index contributed by atoms with van der Waals surface area (Å²) in [6, 6.07) is 0. The minimum atomic E-state index is 0.575. The predicted molar refractivity (Wildman–Crippen MR) is 88.5 cm³/mol. The highest BCUT2D eigenvalue weighted by atomic mass is 32.2. The molecule has 0 unspecified atom stereocenters. The average molecular weight is 315 g/mol. The van der Waals surface area contributed by atoms with Gasteiger partial charge < -0.3 is 11.1 Å². The van der Waals surface area contributed by atoms with Crippen molar-refractivity contribution in [2.75, 3.05) is 29.6 Å². The average Bonchev–Trinajstić information content (AvgIpc) is 2.95. The van der Waals surface area contributed by atoms with Crippen LogP contribution in [0.4, 0.5) is 10.8 Å². The fourth-order valence-corrected chi connectivity index (χ4v) is 3.83. The highest BCUT2D eigenvalue weighted by molar-refractivity contribution is 7.98. The number of hydrogen-bond donors (Lipinski definition) is 2. The molecular weight excluding hydrogens is 296 g/mol. The number of thiazole rings is 1. The molecule has 2 heterocycles. The molecule has 0 aliphatic rings. The van der Waals surface area contributed by atoms with E-state index in [2.05, 4.69) is 20.9 Å². The zero-order valence-electron chi connectivity index (χ0n) is 11.1. The van der Waals surface area contributed by atoms with Crippen LogP contribution in [-0.4, -0.2) is 27.9 Å². The van der Waals surface area contributed by atoms with Crippen LogP contribution >= 0.6 is 34.6 Å². The van der Waals surface area contributed by atoms with Gasteiger partial charge in [-0.2, -0.15) is 16.1 Å². The maximum absolute atomic E-state index is 5.96. The van der Waals surface area contributed by atoms with E-state index in [1.54, 1.807) is 11.3 Å². The van der Waals surface area contributed by atoms with Crippen LogP contribution in [0.5, 0.6) is 0 Å². The van der Waals surface area contributed by atoms with Crippen molar-refractivity contribution in [2.24, 2.45) is 0 Å². The van der Waals surface area contributed by atoms with Gasteiger partial charge in [-0.25, -0.2) is 4.98 Å².